The first-order valence-corrected chi connectivity index (χ1v) is 6.58. The molecule has 1 unspecified atom stereocenters. The monoisotopic (exact) mass is 274 g/mol. The fraction of sp³-hybridized carbons (Fsp3) is 0.500. The molecule has 0 fully saturated rings. The molecular formula is C14H18N4O2. The molecule has 6 heteroatoms. The van der Waals surface area contributed by atoms with Crippen molar-refractivity contribution in [2.24, 2.45) is 13.0 Å². The van der Waals surface area contributed by atoms with Gasteiger partial charge in [0, 0.05) is 19.9 Å². The van der Waals surface area contributed by atoms with Gasteiger partial charge in [-0.3, -0.25) is 0 Å². The van der Waals surface area contributed by atoms with Gasteiger partial charge in [0.2, 0.25) is 5.82 Å². The first-order valence-electron chi connectivity index (χ1n) is 6.58. The molecule has 1 atom stereocenters. The van der Waals surface area contributed by atoms with E-state index in [9.17, 15) is 0 Å². The Balaban J connectivity index is 2.32. The van der Waals surface area contributed by atoms with Gasteiger partial charge in [-0.25, -0.2) is 0 Å². The van der Waals surface area contributed by atoms with E-state index in [0.29, 0.717) is 23.9 Å². The lowest BCUT2D eigenvalue weighted by atomic mass is 10.1. The molecule has 2 rings (SSSR count). The molecule has 0 N–H and O–H groups in total. The number of aromatic nitrogens is 3. The molecule has 0 aromatic carbocycles. The van der Waals surface area contributed by atoms with Crippen molar-refractivity contribution in [2.45, 2.75) is 26.9 Å². The maximum atomic E-state index is 8.91. The third kappa shape index (κ3) is 2.73. The van der Waals surface area contributed by atoms with Gasteiger partial charge in [0.05, 0.1) is 5.56 Å². The minimum absolute atomic E-state index is 0.187. The molecule has 0 radical (unpaired) electrons. The zero-order valence-corrected chi connectivity index (χ0v) is 12.1. The summed E-state index contributed by atoms with van der Waals surface area (Å²) >= 11 is 0. The summed E-state index contributed by atoms with van der Waals surface area (Å²) in [5, 5.41) is 12.9. The van der Waals surface area contributed by atoms with E-state index in [-0.39, 0.29) is 12.0 Å². The second-order valence-electron chi connectivity index (χ2n) is 4.91. The van der Waals surface area contributed by atoms with Crippen molar-refractivity contribution < 1.29 is 9.26 Å². The van der Waals surface area contributed by atoms with E-state index in [1.54, 1.807) is 16.8 Å². The van der Waals surface area contributed by atoms with E-state index >= 15 is 0 Å². The first-order chi connectivity index (χ1) is 9.56. The molecule has 2 aromatic heterocycles. The van der Waals surface area contributed by atoms with Gasteiger partial charge in [0.15, 0.2) is 0 Å². The third-order valence-electron chi connectivity index (χ3n) is 3.00. The van der Waals surface area contributed by atoms with Crippen LogP contribution in [0.3, 0.4) is 0 Å². The SMILES string of the molecule is CCOC(c1noc(-c2cc(C#N)cn2C)n1)C(C)C. The van der Waals surface area contributed by atoms with Crippen molar-refractivity contribution in [3.05, 3.63) is 23.7 Å². The standard InChI is InChI=1S/C14H18N4O2/c1-5-19-12(9(2)3)13-16-14(20-17-13)11-6-10(7-15)8-18(11)4/h6,8-9,12H,5H2,1-4H3. The largest absolute Gasteiger partial charge is 0.370 e. The Morgan fingerprint density at radius 3 is 2.80 bits per heavy atom. The van der Waals surface area contributed by atoms with Crippen LogP contribution in [-0.4, -0.2) is 21.3 Å². The number of hydrogen-bond donors (Lipinski definition) is 0. The normalized spacial score (nSPS) is 12.6. The highest BCUT2D eigenvalue weighted by atomic mass is 16.5. The zero-order chi connectivity index (χ0) is 14.7. The number of hydrogen-bond acceptors (Lipinski definition) is 5. The molecule has 0 saturated heterocycles. The van der Waals surface area contributed by atoms with Gasteiger partial charge in [0.25, 0.3) is 5.89 Å². The van der Waals surface area contributed by atoms with Crippen molar-refractivity contribution in [3.63, 3.8) is 0 Å². The van der Waals surface area contributed by atoms with Gasteiger partial charge < -0.3 is 13.8 Å². The lowest BCUT2D eigenvalue weighted by Gasteiger charge is -2.16. The number of rotatable bonds is 5. The molecule has 106 valence electrons. The fourth-order valence-corrected chi connectivity index (χ4v) is 2.04. The number of nitriles is 1. The van der Waals surface area contributed by atoms with Crippen LogP contribution in [0.1, 0.15) is 38.3 Å². The highest BCUT2D eigenvalue weighted by Gasteiger charge is 2.23. The fourth-order valence-electron chi connectivity index (χ4n) is 2.04. The smallest absolute Gasteiger partial charge is 0.274 e. The summed E-state index contributed by atoms with van der Waals surface area (Å²) in [5.41, 5.74) is 1.28. The molecule has 2 heterocycles. The van der Waals surface area contributed by atoms with Gasteiger partial charge in [-0.1, -0.05) is 19.0 Å². The summed E-state index contributed by atoms with van der Waals surface area (Å²) in [4.78, 5) is 4.40. The molecule has 0 amide bonds. The average Bonchev–Trinajstić information content (AvgIpc) is 3.01. The number of nitrogens with zero attached hydrogens (tertiary/aromatic N) is 4. The van der Waals surface area contributed by atoms with Crippen LogP contribution in [0, 0.1) is 17.2 Å². The van der Waals surface area contributed by atoms with Crippen LogP contribution in [-0.2, 0) is 11.8 Å². The predicted octanol–water partition coefficient (Wildman–Crippen LogP) is 2.68. The summed E-state index contributed by atoms with van der Waals surface area (Å²) in [6, 6.07) is 3.82. The Morgan fingerprint density at radius 2 is 2.25 bits per heavy atom. The van der Waals surface area contributed by atoms with E-state index < -0.39 is 0 Å². The Bertz CT molecular complexity index is 621. The van der Waals surface area contributed by atoms with E-state index in [2.05, 4.69) is 16.2 Å². The van der Waals surface area contributed by atoms with Crippen molar-refractivity contribution >= 4 is 0 Å². The Hall–Kier alpha value is -2.13. The van der Waals surface area contributed by atoms with Crippen molar-refractivity contribution in [1.29, 1.82) is 5.26 Å². The van der Waals surface area contributed by atoms with Crippen molar-refractivity contribution in [2.75, 3.05) is 6.61 Å². The van der Waals surface area contributed by atoms with Crippen LogP contribution in [0.2, 0.25) is 0 Å². The lowest BCUT2D eigenvalue weighted by Crippen LogP contribution is -2.12. The second kappa shape index (κ2) is 5.88. The predicted molar refractivity (Wildman–Crippen MR) is 72.6 cm³/mol. The van der Waals surface area contributed by atoms with E-state index in [1.807, 2.05) is 27.8 Å². The van der Waals surface area contributed by atoms with Crippen LogP contribution in [0.25, 0.3) is 11.6 Å². The van der Waals surface area contributed by atoms with Crippen LogP contribution in [0.5, 0.6) is 0 Å². The minimum Gasteiger partial charge on any atom is -0.370 e. The van der Waals surface area contributed by atoms with Gasteiger partial charge in [0.1, 0.15) is 17.9 Å². The Morgan fingerprint density at radius 1 is 1.50 bits per heavy atom. The highest BCUT2D eigenvalue weighted by Crippen LogP contribution is 2.26. The third-order valence-corrected chi connectivity index (χ3v) is 3.00. The quantitative estimate of drug-likeness (QED) is 0.837. The molecular weight excluding hydrogens is 256 g/mol. The van der Waals surface area contributed by atoms with E-state index in [0.717, 1.165) is 5.69 Å². The average molecular weight is 274 g/mol. The molecule has 0 bridgehead atoms. The van der Waals surface area contributed by atoms with Gasteiger partial charge in [-0.15, -0.1) is 0 Å². The number of ether oxygens (including phenoxy) is 1. The summed E-state index contributed by atoms with van der Waals surface area (Å²) in [6.45, 7) is 6.63. The Labute approximate surface area is 118 Å². The molecule has 0 aliphatic heterocycles. The van der Waals surface area contributed by atoms with Gasteiger partial charge in [-0.2, -0.15) is 10.2 Å². The van der Waals surface area contributed by atoms with Crippen LogP contribution in [0.4, 0.5) is 0 Å². The minimum atomic E-state index is -0.187. The maximum Gasteiger partial charge on any atom is 0.274 e. The van der Waals surface area contributed by atoms with Crippen LogP contribution in [0.15, 0.2) is 16.8 Å². The molecule has 6 nitrogen and oxygen atoms in total. The zero-order valence-electron chi connectivity index (χ0n) is 12.1. The first kappa shape index (κ1) is 14.3. The molecule has 0 aliphatic carbocycles. The molecule has 0 spiro atoms. The number of aryl methyl sites for hydroxylation is 1. The lowest BCUT2D eigenvalue weighted by molar-refractivity contribution is 0.0217. The summed E-state index contributed by atoms with van der Waals surface area (Å²) in [6.07, 6.45) is 1.54. The van der Waals surface area contributed by atoms with Crippen LogP contribution >= 0.6 is 0 Å². The van der Waals surface area contributed by atoms with E-state index in [4.69, 9.17) is 14.5 Å². The van der Waals surface area contributed by atoms with E-state index in [1.165, 1.54) is 0 Å². The summed E-state index contributed by atoms with van der Waals surface area (Å²) < 4.78 is 12.7. The molecule has 0 saturated carbocycles. The summed E-state index contributed by atoms with van der Waals surface area (Å²) in [5.74, 6) is 1.19. The molecule has 20 heavy (non-hydrogen) atoms. The molecule has 2 aromatic rings. The summed E-state index contributed by atoms with van der Waals surface area (Å²) in [7, 11) is 1.84. The van der Waals surface area contributed by atoms with Crippen molar-refractivity contribution in [1.82, 2.24) is 14.7 Å². The molecule has 0 aliphatic rings. The van der Waals surface area contributed by atoms with Gasteiger partial charge >= 0.3 is 0 Å². The topological polar surface area (TPSA) is 76.9 Å². The Kier molecular flexibility index (Phi) is 4.20. The maximum absolute atomic E-state index is 8.91. The van der Waals surface area contributed by atoms with Crippen LogP contribution < -0.4 is 0 Å². The second-order valence-corrected chi connectivity index (χ2v) is 4.91. The van der Waals surface area contributed by atoms with Gasteiger partial charge in [-0.05, 0) is 18.9 Å². The van der Waals surface area contributed by atoms with Crippen molar-refractivity contribution in [3.8, 4) is 17.7 Å². The highest BCUT2D eigenvalue weighted by molar-refractivity contribution is 5.52.